The average molecular weight is 388 g/mol. The van der Waals surface area contributed by atoms with E-state index in [-0.39, 0.29) is 5.69 Å². The molecule has 8 heteroatoms. The number of nitrogens with one attached hydrogen (secondary N) is 1. The van der Waals surface area contributed by atoms with Crippen LogP contribution in [0.3, 0.4) is 0 Å². The molecule has 28 heavy (non-hydrogen) atoms. The number of aromatic nitrogens is 3. The summed E-state index contributed by atoms with van der Waals surface area (Å²) in [5.41, 5.74) is -0.00887. The summed E-state index contributed by atoms with van der Waals surface area (Å²) >= 11 is 0. The summed E-state index contributed by atoms with van der Waals surface area (Å²) in [4.78, 5) is 16.0. The van der Waals surface area contributed by atoms with Gasteiger partial charge in [-0.05, 0) is 24.3 Å². The van der Waals surface area contributed by atoms with Crippen LogP contribution in [0.25, 0.3) is 5.69 Å². The molecule has 2 heterocycles. The summed E-state index contributed by atoms with van der Waals surface area (Å²) in [5, 5.41) is 7.21. The molecule has 0 spiro atoms. The molecule has 1 amide bonds. The molecule has 0 saturated carbocycles. The van der Waals surface area contributed by atoms with E-state index >= 15 is 0 Å². The maximum absolute atomic E-state index is 12.9. The van der Waals surface area contributed by atoms with Crippen LogP contribution in [0.5, 0.6) is 0 Å². The van der Waals surface area contributed by atoms with Crippen molar-refractivity contribution in [3.05, 3.63) is 71.8 Å². The maximum Gasteiger partial charge on any atom is 0.433 e. The van der Waals surface area contributed by atoms with Gasteiger partial charge in [-0.3, -0.25) is 4.79 Å². The lowest BCUT2D eigenvalue weighted by Gasteiger charge is -2.17. The molecule has 0 atom stereocenters. The van der Waals surface area contributed by atoms with Crippen LogP contribution in [-0.4, -0.2) is 20.7 Å². The normalized spacial score (nSPS) is 12.1. The van der Waals surface area contributed by atoms with E-state index in [1.807, 2.05) is 51.1 Å². The lowest BCUT2D eigenvalue weighted by molar-refractivity contribution is -0.141. The van der Waals surface area contributed by atoms with Gasteiger partial charge in [0.2, 0.25) is 0 Å². The maximum atomic E-state index is 12.9. The highest BCUT2D eigenvalue weighted by atomic mass is 19.4. The topological polar surface area (TPSA) is 59.8 Å². The second-order valence-corrected chi connectivity index (χ2v) is 7.28. The standard InChI is InChI=1S/C20H19F3N4O/c1-19(2,3)17-15(12-27(26-17)13-8-5-4-6-9-13)25-18(28)14-10-7-11-16(24-14)20(21,22)23/h4-12H,1-3H3,(H,25,28). The summed E-state index contributed by atoms with van der Waals surface area (Å²) in [7, 11) is 0. The van der Waals surface area contributed by atoms with Crippen LogP contribution in [0, 0.1) is 0 Å². The number of amides is 1. The van der Waals surface area contributed by atoms with Gasteiger partial charge in [0, 0.05) is 5.41 Å². The molecule has 1 aromatic carbocycles. The number of alkyl halides is 3. The molecular formula is C20H19F3N4O. The number of hydrogen-bond acceptors (Lipinski definition) is 3. The van der Waals surface area contributed by atoms with Gasteiger partial charge in [-0.15, -0.1) is 0 Å². The Kier molecular flexibility index (Phi) is 4.97. The van der Waals surface area contributed by atoms with Gasteiger partial charge >= 0.3 is 6.18 Å². The number of benzene rings is 1. The first-order chi connectivity index (χ1) is 13.1. The molecular weight excluding hydrogens is 369 g/mol. The molecule has 0 radical (unpaired) electrons. The van der Waals surface area contributed by atoms with E-state index in [1.165, 1.54) is 6.07 Å². The number of para-hydroxylation sites is 1. The molecule has 0 aliphatic heterocycles. The van der Waals surface area contributed by atoms with Crippen molar-refractivity contribution in [2.24, 2.45) is 0 Å². The minimum Gasteiger partial charge on any atom is -0.318 e. The van der Waals surface area contributed by atoms with Crippen molar-refractivity contribution in [2.75, 3.05) is 5.32 Å². The summed E-state index contributed by atoms with van der Waals surface area (Å²) in [6, 6.07) is 12.5. The number of pyridine rings is 1. The van der Waals surface area contributed by atoms with E-state index in [0.717, 1.165) is 17.8 Å². The molecule has 0 bridgehead atoms. The Morgan fingerprint density at radius 3 is 2.29 bits per heavy atom. The van der Waals surface area contributed by atoms with Gasteiger partial charge in [-0.25, -0.2) is 9.67 Å². The molecule has 5 nitrogen and oxygen atoms in total. The molecule has 0 unspecified atom stereocenters. The number of nitrogens with zero attached hydrogens (tertiary/aromatic N) is 3. The van der Waals surface area contributed by atoms with Crippen molar-refractivity contribution in [3.63, 3.8) is 0 Å². The van der Waals surface area contributed by atoms with E-state index in [0.29, 0.717) is 11.4 Å². The number of carbonyl (C=O) groups excluding carboxylic acids is 1. The zero-order chi connectivity index (χ0) is 20.5. The Morgan fingerprint density at radius 1 is 1.00 bits per heavy atom. The van der Waals surface area contributed by atoms with Crippen LogP contribution in [0.2, 0.25) is 0 Å². The number of hydrogen-bond donors (Lipinski definition) is 1. The number of carbonyl (C=O) groups is 1. The van der Waals surface area contributed by atoms with Gasteiger partial charge in [-0.1, -0.05) is 45.0 Å². The molecule has 0 fully saturated rings. The van der Waals surface area contributed by atoms with Gasteiger partial charge in [0.05, 0.1) is 23.3 Å². The van der Waals surface area contributed by atoms with E-state index in [4.69, 9.17) is 0 Å². The molecule has 1 N–H and O–H groups in total. The third-order valence-corrected chi connectivity index (χ3v) is 3.97. The van der Waals surface area contributed by atoms with Crippen molar-refractivity contribution in [3.8, 4) is 5.69 Å². The van der Waals surface area contributed by atoms with Gasteiger partial charge in [0.25, 0.3) is 5.91 Å². The first-order valence-corrected chi connectivity index (χ1v) is 8.57. The quantitative estimate of drug-likeness (QED) is 0.699. The van der Waals surface area contributed by atoms with Crippen molar-refractivity contribution in [2.45, 2.75) is 32.4 Å². The zero-order valence-corrected chi connectivity index (χ0v) is 15.6. The van der Waals surface area contributed by atoms with Crippen molar-refractivity contribution in [1.29, 1.82) is 0 Å². The van der Waals surface area contributed by atoms with Gasteiger partial charge < -0.3 is 5.32 Å². The van der Waals surface area contributed by atoms with Crippen LogP contribution in [-0.2, 0) is 11.6 Å². The van der Waals surface area contributed by atoms with Crippen LogP contribution >= 0.6 is 0 Å². The minimum atomic E-state index is -4.62. The van der Waals surface area contributed by atoms with E-state index in [2.05, 4.69) is 15.4 Å². The Labute approximate surface area is 160 Å². The second-order valence-electron chi connectivity index (χ2n) is 7.28. The average Bonchev–Trinajstić information content (AvgIpc) is 3.06. The minimum absolute atomic E-state index is 0.317. The fourth-order valence-corrected chi connectivity index (χ4v) is 2.64. The SMILES string of the molecule is CC(C)(C)c1nn(-c2ccccc2)cc1NC(=O)c1cccc(C(F)(F)F)n1. The molecule has 3 rings (SSSR count). The Balaban J connectivity index is 1.95. The fraction of sp³-hybridized carbons (Fsp3) is 0.250. The van der Waals surface area contributed by atoms with Crippen molar-refractivity contribution < 1.29 is 18.0 Å². The van der Waals surface area contributed by atoms with E-state index < -0.39 is 23.2 Å². The lowest BCUT2D eigenvalue weighted by atomic mass is 9.91. The van der Waals surface area contributed by atoms with Crippen molar-refractivity contribution >= 4 is 11.6 Å². The van der Waals surface area contributed by atoms with Crippen LogP contribution in [0.15, 0.2) is 54.7 Å². The fourth-order valence-electron chi connectivity index (χ4n) is 2.64. The molecule has 2 aromatic heterocycles. The van der Waals surface area contributed by atoms with Crippen molar-refractivity contribution in [1.82, 2.24) is 14.8 Å². The predicted octanol–water partition coefficient (Wildman–Crippen LogP) is 4.84. The largest absolute Gasteiger partial charge is 0.433 e. The third-order valence-electron chi connectivity index (χ3n) is 3.97. The molecule has 3 aromatic rings. The number of anilines is 1. The van der Waals surface area contributed by atoms with Crippen LogP contribution in [0.4, 0.5) is 18.9 Å². The molecule has 0 saturated heterocycles. The number of rotatable bonds is 3. The summed E-state index contributed by atoms with van der Waals surface area (Å²) in [6.45, 7) is 5.80. The monoisotopic (exact) mass is 388 g/mol. The summed E-state index contributed by atoms with van der Waals surface area (Å²) < 4.78 is 40.2. The highest BCUT2D eigenvalue weighted by Gasteiger charge is 2.33. The summed E-state index contributed by atoms with van der Waals surface area (Å²) in [5.74, 6) is -0.732. The Hall–Kier alpha value is -3.16. The Bertz CT molecular complexity index is 989. The lowest BCUT2D eigenvalue weighted by Crippen LogP contribution is -2.20. The zero-order valence-electron chi connectivity index (χ0n) is 15.6. The highest BCUT2D eigenvalue weighted by Crippen LogP contribution is 2.30. The third kappa shape index (κ3) is 4.21. The molecule has 146 valence electrons. The predicted molar refractivity (Wildman–Crippen MR) is 99.5 cm³/mol. The summed E-state index contributed by atoms with van der Waals surface area (Å²) in [6.07, 6.45) is -2.98. The van der Waals surface area contributed by atoms with Crippen LogP contribution in [0.1, 0.15) is 42.6 Å². The first-order valence-electron chi connectivity index (χ1n) is 8.57. The molecule has 0 aliphatic rings. The van der Waals surface area contributed by atoms with E-state index in [1.54, 1.807) is 10.9 Å². The van der Waals surface area contributed by atoms with Gasteiger partial charge in [-0.2, -0.15) is 18.3 Å². The Morgan fingerprint density at radius 2 is 1.68 bits per heavy atom. The van der Waals surface area contributed by atoms with E-state index in [9.17, 15) is 18.0 Å². The number of halogens is 3. The smallest absolute Gasteiger partial charge is 0.318 e. The van der Waals surface area contributed by atoms with Gasteiger partial charge in [0.1, 0.15) is 11.4 Å². The second kappa shape index (κ2) is 7.10. The van der Waals surface area contributed by atoms with Gasteiger partial charge in [0.15, 0.2) is 0 Å². The highest BCUT2D eigenvalue weighted by molar-refractivity contribution is 6.03. The molecule has 0 aliphatic carbocycles. The first kappa shape index (κ1) is 19.6. The van der Waals surface area contributed by atoms with Crippen LogP contribution < -0.4 is 5.32 Å².